The summed E-state index contributed by atoms with van der Waals surface area (Å²) in [5.41, 5.74) is 4.94. The number of nitrogens with two attached hydrogens (primary N) is 1. The summed E-state index contributed by atoms with van der Waals surface area (Å²) in [6.45, 7) is 0.993. The molecule has 2 atom stereocenters. The Morgan fingerprint density at radius 3 is 3.19 bits per heavy atom. The molecule has 1 fully saturated rings. The summed E-state index contributed by atoms with van der Waals surface area (Å²) in [7, 11) is 0. The van der Waals surface area contributed by atoms with Crippen molar-refractivity contribution in [1.29, 1.82) is 0 Å². The number of hydrogen-bond acceptors (Lipinski definition) is 6. The van der Waals surface area contributed by atoms with Gasteiger partial charge in [0.15, 0.2) is 6.23 Å². The van der Waals surface area contributed by atoms with Gasteiger partial charge >= 0.3 is 5.69 Å². The number of anilines is 1. The first kappa shape index (κ1) is 11.1. The van der Waals surface area contributed by atoms with E-state index < -0.39 is 11.9 Å². The van der Waals surface area contributed by atoms with Gasteiger partial charge in [-0.3, -0.25) is 4.57 Å². The van der Waals surface area contributed by atoms with Crippen LogP contribution in [0.2, 0.25) is 0 Å². The molecular formula is C9H14N4O3. The van der Waals surface area contributed by atoms with Crippen molar-refractivity contribution >= 4 is 5.82 Å². The SMILES string of the molecule is Nc1ccn(C2CNC[C@@H](CO)O2)c(=O)n1. The maximum absolute atomic E-state index is 11.5. The molecule has 0 spiro atoms. The van der Waals surface area contributed by atoms with E-state index >= 15 is 0 Å². The third-order valence-corrected chi connectivity index (χ3v) is 2.41. The molecule has 2 heterocycles. The van der Waals surface area contributed by atoms with E-state index in [4.69, 9.17) is 15.6 Å². The van der Waals surface area contributed by atoms with Gasteiger partial charge in [0.1, 0.15) is 5.82 Å². The van der Waals surface area contributed by atoms with Crippen LogP contribution in [-0.4, -0.2) is 40.5 Å². The Kier molecular flexibility index (Phi) is 3.18. The molecule has 1 aromatic heterocycles. The van der Waals surface area contributed by atoms with Gasteiger partial charge in [-0.05, 0) is 6.07 Å². The third-order valence-electron chi connectivity index (χ3n) is 2.41. The second-order valence-electron chi connectivity index (χ2n) is 3.60. The predicted molar refractivity (Wildman–Crippen MR) is 56.8 cm³/mol. The highest BCUT2D eigenvalue weighted by Gasteiger charge is 2.23. The Labute approximate surface area is 91.9 Å². The summed E-state index contributed by atoms with van der Waals surface area (Å²) in [4.78, 5) is 15.2. The zero-order valence-corrected chi connectivity index (χ0v) is 8.67. The first-order chi connectivity index (χ1) is 7.70. The summed E-state index contributed by atoms with van der Waals surface area (Å²) in [5, 5.41) is 12.1. The highest BCUT2D eigenvalue weighted by Crippen LogP contribution is 2.12. The number of nitrogens with one attached hydrogen (secondary N) is 1. The van der Waals surface area contributed by atoms with Crippen molar-refractivity contribution in [2.45, 2.75) is 12.3 Å². The van der Waals surface area contributed by atoms with E-state index in [-0.39, 0.29) is 18.5 Å². The molecule has 0 aromatic carbocycles. The lowest BCUT2D eigenvalue weighted by Gasteiger charge is -2.30. The van der Waals surface area contributed by atoms with Gasteiger partial charge in [-0.15, -0.1) is 0 Å². The van der Waals surface area contributed by atoms with Crippen molar-refractivity contribution in [1.82, 2.24) is 14.9 Å². The standard InChI is InChI=1S/C9H14N4O3/c10-7-1-2-13(9(15)12-7)8-4-11-3-6(5-14)16-8/h1-2,6,8,11,14H,3-5H2,(H2,10,12,15)/t6-,8?/m0/s1. The molecule has 1 saturated heterocycles. The van der Waals surface area contributed by atoms with Crippen LogP contribution < -0.4 is 16.7 Å². The Hall–Kier alpha value is -1.44. The molecule has 1 unspecified atom stereocenters. The van der Waals surface area contributed by atoms with E-state index in [0.717, 1.165) is 0 Å². The van der Waals surface area contributed by atoms with Crippen molar-refractivity contribution in [3.05, 3.63) is 22.7 Å². The van der Waals surface area contributed by atoms with Gasteiger partial charge in [0.25, 0.3) is 0 Å². The number of ether oxygens (including phenoxy) is 1. The van der Waals surface area contributed by atoms with Crippen LogP contribution in [-0.2, 0) is 4.74 Å². The van der Waals surface area contributed by atoms with Crippen LogP contribution >= 0.6 is 0 Å². The quantitative estimate of drug-likeness (QED) is 0.556. The van der Waals surface area contributed by atoms with E-state index in [0.29, 0.717) is 13.1 Å². The lowest BCUT2D eigenvalue weighted by atomic mass is 10.3. The molecule has 7 heteroatoms. The topological polar surface area (TPSA) is 102 Å². The van der Waals surface area contributed by atoms with E-state index in [9.17, 15) is 4.79 Å². The number of rotatable bonds is 2. The average molecular weight is 226 g/mol. The predicted octanol–water partition coefficient (Wildman–Crippen LogP) is -1.70. The molecule has 16 heavy (non-hydrogen) atoms. The minimum absolute atomic E-state index is 0.0827. The molecule has 1 aromatic rings. The van der Waals surface area contributed by atoms with Crippen molar-refractivity contribution in [2.75, 3.05) is 25.4 Å². The monoisotopic (exact) mass is 226 g/mol. The van der Waals surface area contributed by atoms with Gasteiger partial charge in [-0.1, -0.05) is 0 Å². The second kappa shape index (κ2) is 4.60. The van der Waals surface area contributed by atoms with Crippen molar-refractivity contribution in [2.24, 2.45) is 0 Å². The molecule has 1 aliphatic rings. The number of morpholine rings is 1. The maximum Gasteiger partial charge on any atom is 0.351 e. The molecule has 7 nitrogen and oxygen atoms in total. The molecule has 0 radical (unpaired) electrons. The first-order valence-electron chi connectivity index (χ1n) is 5.02. The minimum Gasteiger partial charge on any atom is -0.394 e. The summed E-state index contributed by atoms with van der Waals surface area (Å²) in [6.07, 6.45) is 0.784. The molecule has 0 saturated carbocycles. The van der Waals surface area contributed by atoms with Crippen LogP contribution in [0.15, 0.2) is 17.1 Å². The fourth-order valence-corrected chi connectivity index (χ4v) is 1.60. The third kappa shape index (κ3) is 2.21. The van der Waals surface area contributed by atoms with Gasteiger partial charge < -0.3 is 20.9 Å². The first-order valence-corrected chi connectivity index (χ1v) is 5.02. The number of aliphatic hydroxyl groups excluding tert-OH is 1. The summed E-state index contributed by atoms with van der Waals surface area (Å²) in [6, 6.07) is 1.54. The lowest BCUT2D eigenvalue weighted by molar-refractivity contribution is -0.0967. The van der Waals surface area contributed by atoms with Crippen LogP contribution in [0, 0.1) is 0 Å². The smallest absolute Gasteiger partial charge is 0.351 e. The van der Waals surface area contributed by atoms with Crippen molar-refractivity contribution in [3.63, 3.8) is 0 Å². The van der Waals surface area contributed by atoms with E-state index in [1.807, 2.05) is 0 Å². The molecule has 0 bridgehead atoms. The minimum atomic E-state index is -0.453. The molecule has 0 amide bonds. The zero-order valence-electron chi connectivity index (χ0n) is 8.67. The largest absolute Gasteiger partial charge is 0.394 e. The Balaban J connectivity index is 2.20. The van der Waals surface area contributed by atoms with Gasteiger partial charge in [-0.25, -0.2) is 4.79 Å². The van der Waals surface area contributed by atoms with Gasteiger partial charge in [0.05, 0.1) is 12.7 Å². The molecule has 0 aliphatic carbocycles. The fourth-order valence-electron chi connectivity index (χ4n) is 1.60. The van der Waals surface area contributed by atoms with Crippen LogP contribution in [0.5, 0.6) is 0 Å². The zero-order chi connectivity index (χ0) is 11.5. The Bertz CT molecular complexity index is 419. The Morgan fingerprint density at radius 2 is 2.50 bits per heavy atom. The fraction of sp³-hybridized carbons (Fsp3) is 0.556. The van der Waals surface area contributed by atoms with Crippen LogP contribution in [0.1, 0.15) is 6.23 Å². The number of aromatic nitrogens is 2. The van der Waals surface area contributed by atoms with Crippen molar-refractivity contribution < 1.29 is 9.84 Å². The Morgan fingerprint density at radius 1 is 1.69 bits per heavy atom. The summed E-state index contributed by atoms with van der Waals surface area (Å²) >= 11 is 0. The average Bonchev–Trinajstić information content (AvgIpc) is 2.29. The number of nitrogens with zero attached hydrogens (tertiary/aromatic N) is 2. The maximum atomic E-state index is 11.5. The van der Waals surface area contributed by atoms with Crippen LogP contribution in [0.3, 0.4) is 0 Å². The molecule has 2 rings (SSSR count). The normalized spacial score (nSPS) is 25.6. The summed E-state index contributed by atoms with van der Waals surface area (Å²) in [5.74, 6) is 0.184. The number of aliphatic hydroxyl groups is 1. The number of nitrogen functional groups attached to an aromatic ring is 1. The second-order valence-corrected chi connectivity index (χ2v) is 3.60. The molecule has 4 N–H and O–H groups in total. The lowest BCUT2D eigenvalue weighted by Crippen LogP contribution is -2.46. The van der Waals surface area contributed by atoms with Crippen molar-refractivity contribution in [3.8, 4) is 0 Å². The highest BCUT2D eigenvalue weighted by molar-refractivity contribution is 5.23. The van der Waals surface area contributed by atoms with Gasteiger partial charge in [0.2, 0.25) is 0 Å². The highest BCUT2D eigenvalue weighted by atomic mass is 16.5. The van der Waals surface area contributed by atoms with Crippen LogP contribution in [0.25, 0.3) is 0 Å². The summed E-state index contributed by atoms with van der Waals surface area (Å²) < 4.78 is 6.86. The van der Waals surface area contributed by atoms with Gasteiger partial charge in [-0.2, -0.15) is 4.98 Å². The van der Waals surface area contributed by atoms with E-state index in [1.165, 1.54) is 16.8 Å². The van der Waals surface area contributed by atoms with E-state index in [1.54, 1.807) is 0 Å². The van der Waals surface area contributed by atoms with Gasteiger partial charge in [0, 0.05) is 19.3 Å². The molecular weight excluding hydrogens is 212 g/mol. The van der Waals surface area contributed by atoms with E-state index in [2.05, 4.69) is 10.3 Å². The molecule has 1 aliphatic heterocycles. The van der Waals surface area contributed by atoms with Crippen LogP contribution in [0.4, 0.5) is 5.82 Å². The number of hydrogen-bond donors (Lipinski definition) is 3. The molecule has 88 valence electrons.